The third-order valence-electron chi connectivity index (χ3n) is 1.78. The van der Waals surface area contributed by atoms with Crippen molar-refractivity contribution in [3.05, 3.63) is 41.5 Å². The molecule has 0 atom stereocenters. The van der Waals surface area contributed by atoms with Crippen LogP contribution in [-0.4, -0.2) is 18.8 Å². The van der Waals surface area contributed by atoms with Crippen LogP contribution >= 0.6 is 0 Å². The van der Waals surface area contributed by atoms with Gasteiger partial charge >= 0.3 is 0 Å². The van der Waals surface area contributed by atoms with Gasteiger partial charge in [-0.3, -0.25) is 0 Å². The van der Waals surface area contributed by atoms with Crippen molar-refractivity contribution in [2.75, 3.05) is 13.7 Å². The summed E-state index contributed by atoms with van der Waals surface area (Å²) in [5, 5.41) is 11.7. The second-order valence-corrected chi connectivity index (χ2v) is 2.86. The van der Waals surface area contributed by atoms with Crippen molar-refractivity contribution in [2.24, 2.45) is 0 Å². The van der Waals surface area contributed by atoms with Gasteiger partial charge in [0.25, 0.3) is 0 Å². The minimum absolute atomic E-state index is 0.0955. The van der Waals surface area contributed by atoms with E-state index in [1.54, 1.807) is 6.08 Å². The molecule has 0 aliphatic rings. The maximum atomic E-state index is 8.57. The standard InChI is InChI=1S/C11H15NO/c1-12-9-11-6-4-10(5-7-11)3-2-8-13/h2-7,12-13H,8-9H2,1H3. The minimum Gasteiger partial charge on any atom is -0.392 e. The van der Waals surface area contributed by atoms with Crippen LogP contribution in [0.15, 0.2) is 30.3 Å². The molecule has 0 spiro atoms. The lowest BCUT2D eigenvalue weighted by atomic mass is 10.1. The summed E-state index contributed by atoms with van der Waals surface area (Å²) < 4.78 is 0. The average Bonchev–Trinajstić information content (AvgIpc) is 2.17. The fourth-order valence-corrected chi connectivity index (χ4v) is 1.14. The number of benzene rings is 1. The van der Waals surface area contributed by atoms with Crippen LogP contribution in [0.2, 0.25) is 0 Å². The summed E-state index contributed by atoms with van der Waals surface area (Å²) in [6.45, 7) is 0.988. The second-order valence-electron chi connectivity index (χ2n) is 2.86. The molecule has 0 radical (unpaired) electrons. The molecular weight excluding hydrogens is 162 g/mol. The van der Waals surface area contributed by atoms with E-state index in [1.807, 2.05) is 25.3 Å². The predicted octanol–water partition coefficient (Wildman–Crippen LogP) is 1.41. The Bertz CT molecular complexity index is 264. The highest BCUT2D eigenvalue weighted by Crippen LogP contribution is 2.05. The summed E-state index contributed by atoms with van der Waals surface area (Å²) in [6.07, 6.45) is 3.64. The minimum atomic E-state index is 0.0955. The van der Waals surface area contributed by atoms with E-state index in [0.717, 1.165) is 12.1 Å². The fraction of sp³-hybridized carbons (Fsp3) is 0.273. The quantitative estimate of drug-likeness (QED) is 0.729. The molecular formula is C11H15NO. The highest BCUT2D eigenvalue weighted by Gasteiger charge is 1.89. The zero-order valence-electron chi connectivity index (χ0n) is 7.83. The Balaban J connectivity index is 2.64. The molecule has 0 heterocycles. The Morgan fingerprint density at radius 2 is 2.00 bits per heavy atom. The molecule has 0 saturated carbocycles. The van der Waals surface area contributed by atoms with Crippen molar-refractivity contribution in [3.8, 4) is 0 Å². The average molecular weight is 177 g/mol. The first-order valence-corrected chi connectivity index (χ1v) is 4.37. The van der Waals surface area contributed by atoms with Crippen LogP contribution in [0, 0.1) is 0 Å². The van der Waals surface area contributed by atoms with Crippen molar-refractivity contribution >= 4 is 6.08 Å². The zero-order chi connectivity index (χ0) is 9.52. The lowest BCUT2D eigenvalue weighted by Gasteiger charge is -1.99. The lowest BCUT2D eigenvalue weighted by molar-refractivity contribution is 0.343. The molecule has 0 amide bonds. The van der Waals surface area contributed by atoms with Gasteiger partial charge in [-0.05, 0) is 18.2 Å². The van der Waals surface area contributed by atoms with Crippen molar-refractivity contribution in [3.63, 3.8) is 0 Å². The van der Waals surface area contributed by atoms with Crippen LogP contribution < -0.4 is 5.32 Å². The molecule has 0 aromatic heterocycles. The van der Waals surface area contributed by atoms with E-state index in [-0.39, 0.29) is 6.61 Å². The fourth-order valence-electron chi connectivity index (χ4n) is 1.14. The van der Waals surface area contributed by atoms with Gasteiger partial charge in [-0.1, -0.05) is 36.4 Å². The van der Waals surface area contributed by atoms with Crippen LogP contribution in [0.5, 0.6) is 0 Å². The smallest absolute Gasteiger partial charge is 0.0615 e. The van der Waals surface area contributed by atoms with E-state index in [1.165, 1.54) is 5.56 Å². The largest absolute Gasteiger partial charge is 0.392 e. The van der Waals surface area contributed by atoms with Gasteiger partial charge in [0.15, 0.2) is 0 Å². The number of hydrogen-bond donors (Lipinski definition) is 2. The first-order valence-electron chi connectivity index (χ1n) is 4.37. The Labute approximate surface area is 78.9 Å². The molecule has 0 fully saturated rings. The van der Waals surface area contributed by atoms with Gasteiger partial charge in [-0.2, -0.15) is 0 Å². The number of nitrogens with one attached hydrogen (secondary N) is 1. The van der Waals surface area contributed by atoms with Crippen LogP contribution in [0.4, 0.5) is 0 Å². The van der Waals surface area contributed by atoms with E-state index < -0.39 is 0 Å². The van der Waals surface area contributed by atoms with Gasteiger partial charge in [0, 0.05) is 6.54 Å². The van der Waals surface area contributed by atoms with E-state index >= 15 is 0 Å². The molecule has 2 N–H and O–H groups in total. The molecule has 0 bridgehead atoms. The topological polar surface area (TPSA) is 32.3 Å². The summed E-state index contributed by atoms with van der Waals surface area (Å²) >= 11 is 0. The monoisotopic (exact) mass is 177 g/mol. The van der Waals surface area contributed by atoms with Crippen LogP contribution in [-0.2, 0) is 6.54 Å². The molecule has 0 saturated heterocycles. The van der Waals surface area contributed by atoms with Crippen LogP contribution in [0.1, 0.15) is 11.1 Å². The molecule has 0 aliphatic carbocycles. The SMILES string of the molecule is CNCc1ccc(C=CCO)cc1. The van der Waals surface area contributed by atoms with Crippen molar-refractivity contribution in [1.82, 2.24) is 5.32 Å². The molecule has 2 nitrogen and oxygen atoms in total. The number of aliphatic hydroxyl groups excluding tert-OH is 1. The Morgan fingerprint density at radius 1 is 1.31 bits per heavy atom. The zero-order valence-corrected chi connectivity index (χ0v) is 7.83. The molecule has 1 aromatic carbocycles. The Morgan fingerprint density at radius 3 is 2.54 bits per heavy atom. The van der Waals surface area contributed by atoms with Gasteiger partial charge in [-0.15, -0.1) is 0 Å². The van der Waals surface area contributed by atoms with Crippen molar-refractivity contribution in [1.29, 1.82) is 0 Å². The molecule has 1 aromatic rings. The Kier molecular flexibility index (Phi) is 4.23. The van der Waals surface area contributed by atoms with Crippen molar-refractivity contribution < 1.29 is 5.11 Å². The van der Waals surface area contributed by atoms with E-state index in [2.05, 4.69) is 17.4 Å². The van der Waals surface area contributed by atoms with Gasteiger partial charge in [-0.25, -0.2) is 0 Å². The van der Waals surface area contributed by atoms with E-state index in [4.69, 9.17) is 5.11 Å². The number of rotatable bonds is 4. The molecule has 13 heavy (non-hydrogen) atoms. The summed E-state index contributed by atoms with van der Waals surface area (Å²) in [5.41, 5.74) is 2.39. The maximum Gasteiger partial charge on any atom is 0.0615 e. The summed E-state index contributed by atoms with van der Waals surface area (Å²) in [7, 11) is 1.93. The summed E-state index contributed by atoms with van der Waals surface area (Å²) in [5.74, 6) is 0. The van der Waals surface area contributed by atoms with Gasteiger partial charge in [0.2, 0.25) is 0 Å². The van der Waals surface area contributed by atoms with Crippen LogP contribution in [0.25, 0.3) is 6.08 Å². The number of hydrogen-bond acceptors (Lipinski definition) is 2. The highest BCUT2D eigenvalue weighted by molar-refractivity contribution is 5.49. The molecule has 0 aliphatic heterocycles. The normalized spacial score (nSPS) is 10.9. The first-order chi connectivity index (χ1) is 6.36. The molecule has 0 unspecified atom stereocenters. The summed E-state index contributed by atoms with van der Waals surface area (Å²) in [4.78, 5) is 0. The van der Waals surface area contributed by atoms with Crippen LogP contribution in [0.3, 0.4) is 0 Å². The van der Waals surface area contributed by atoms with Crippen molar-refractivity contribution in [2.45, 2.75) is 6.54 Å². The van der Waals surface area contributed by atoms with E-state index in [0.29, 0.717) is 0 Å². The maximum absolute atomic E-state index is 8.57. The molecule has 1 rings (SSSR count). The van der Waals surface area contributed by atoms with Gasteiger partial charge < -0.3 is 10.4 Å². The molecule has 2 heteroatoms. The number of aliphatic hydroxyl groups is 1. The predicted molar refractivity (Wildman–Crippen MR) is 55.3 cm³/mol. The van der Waals surface area contributed by atoms with Gasteiger partial charge in [0.1, 0.15) is 0 Å². The molecule has 70 valence electrons. The second kappa shape index (κ2) is 5.51. The Hall–Kier alpha value is -1.12. The highest BCUT2D eigenvalue weighted by atomic mass is 16.2. The third kappa shape index (κ3) is 3.40. The summed E-state index contributed by atoms with van der Waals surface area (Å²) in [6, 6.07) is 8.23. The first kappa shape index (κ1) is 9.96. The van der Waals surface area contributed by atoms with E-state index in [9.17, 15) is 0 Å². The van der Waals surface area contributed by atoms with Gasteiger partial charge in [0.05, 0.1) is 6.61 Å². The third-order valence-corrected chi connectivity index (χ3v) is 1.78. The lowest BCUT2D eigenvalue weighted by Crippen LogP contribution is -2.04.